The number of nitrogen functional groups attached to an aromatic ring is 1. The lowest BCUT2D eigenvalue weighted by Gasteiger charge is -2.16. The predicted molar refractivity (Wildman–Crippen MR) is 90.5 cm³/mol. The van der Waals surface area contributed by atoms with Gasteiger partial charge in [-0.1, -0.05) is 44.5 Å². The van der Waals surface area contributed by atoms with Crippen molar-refractivity contribution in [3.05, 3.63) is 53.1 Å². The van der Waals surface area contributed by atoms with E-state index >= 15 is 0 Å². The monoisotopic (exact) mass is 317 g/mol. The number of anilines is 1. The van der Waals surface area contributed by atoms with Crippen LogP contribution in [0.15, 0.2) is 42.5 Å². The molecular weight excluding hydrogens is 298 g/mol. The van der Waals surface area contributed by atoms with Gasteiger partial charge in [0.1, 0.15) is 17.3 Å². The lowest BCUT2D eigenvalue weighted by molar-refractivity contribution is -0.125. The van der Waals surface area contributed by atoms with Gasteiger partial charge >= 0.3 is 0 Å². The Balaban J connectivity index is 2.16. The second-order valence-corrected chi connectivity index (χ2v) is 6.70. The highest BCUT2D eigenvalue weighted by Crippen LogP contribution is 2.31. The summed E-state index contributed by atoms with van der Waals surface area (Å²) in [5.41, 5.74) is 6.82. The standard InChI is InChI=1S/C18H20ClNO2/c1-18(2,3)17(21)10-12-5-4-6-14(9-12)22-16-8-7-13(20)11-15(16)19/h4-9,11H,10,20H2,1-3H3. The fraction of sp³-hybridized carbons (Fsp3) is 0.278. The number of rotatable bonds is 4. The number of ketones is 1. The lowest BCUT2D eigenvalue weighted by Crippen LogP contribution is -2.22. The molecule has 0 bridgehead atoms. The van der Waals surface area contributed by atoms with Gasteiger partial charge in [0.05, 0.1) is 5.02 Å². The Morgan fingerprint density at radius 3 is 2.55 bits per heavy atom. The number of Topliss-reactive ketones (excluding diaryl/α,β-unsaturated/α-hetero) is 1. The Kier molecular flexibility index (Phi) is 4.77. The van der Waals surface area contributed by atoms with Crippen molar-refractivity contribution < 1.29 is 9.53 Å². The molecule has 0 aliphatic heterocycles. The Morgan fingerprint density at radius 2 is 1.91 bits per heavy atom. The highest BCUT2D eigenvalue weighted by molar-refractivity contribution is 6.32. The molecule has 0 atom stereocenters. The van der Waals surface area contributed by atoms with Crippen molar-refractivity contribution in [2.24, 2.45) is 5.41 Å². The van der Waals surface area contributed by atoms with Crippen molar-refractivity contribution in [2.45, 2.75) is 27.2 Å². The van der Waals surface area contributed by atoms with E-state index in [1.807, 2.05) is 45.0 Å². The highest BCUT2D eigenvalue weighted by Gasteiger charge is 2.21. The number of carbonyl (C=O) groups is 1. The first-order valence-corrected chi connectivity index (χ1v) is 7.48. The lowest BCUT2D eigenvalue weighted by atomic mass is 9.87. The van der Waals surface area contributed by atoms with E-state index in [1.54, 1.807) is 18.2 Å². The molecule has 3 nitrogen and oxygen atoms in total. The van der Waals surface area contributed by atoms with E-state index in [1.165, 1.54) is 0 Å². The Bertz CT molecular complexity index is 690. The molecule has 2 rings (SSSR count). The fourth-order valence-electron chi connectivity index (χ4n) is 1.90. The van der Waals surface area contributed by atoms with Crippen LogP contribution in [0.2, 0.25) is 5.02 Å². The van der Waals surface area contributed by atoms with Gasteiger partial charge in [-0.25, -0.2) is 0 Å². The molecule has 0 fully saturated rings. The van der Waals surface area contributed by atoms with Gasteiger partial charge in [0.2, 0.25) is 0 Å². The largest absolute Gasteiger partial charge is 0.456 e. The smallest absolute Gasteiger partial charge is 0.146 e. The number of ether oxygens (including phenoxy) is 1. The SMILES string of the molecule is CC(C)(C)C(=O)Cc1cccc(Oc2ccc(N)cc2Cl)c1. The van der Waals surface area contributed by atoms with Crippen LogP contribution in [0.3, 0.4) is 0 Å². The van der Waals surface area contributed by atoms with Gasteiger partial charge in [-0.15, -0.1) is 0 Å². The van der Waals surface area contributed by atoms with Crippen molar-refractivity contribution in [1.29, 1.82) is 0 Å². The summed E-state index contributed by atoms with van der Waals surface area (Å²) in [6, 6.07) is 12.6. The van der Waals surface area contributed by atoms with E-state index in [9.17, 15) is 4.79 Å². The minimum atomic E-state index is -0.350. The van der Waals surface area contributed by atoms with Crippen LogP contribution in [0.1, 0.15) is 26.3 Å². The molecule has 0 saturated heterocycles. The van der Waals surface area contributed by atoms with Gasteiger partial charge in [0.15, 0.2) is 0 Å². The minimum Gasteiger partial charge on any atom is -0.456 e. The van der Waals surface area contributed by atoms with Gasteiger partial charge in [-0.05, 0) is 35.9 Å². The Hall–Kier alpha value is -2.00. The maximum absolute atomic E-state index is 12.1. The number of nitrogens with two attached hydrogens (primary N) is 1. The summed E-state index contributed by atoms with van der Waals surface area (Å²) in [4.78, 5) is 12.1. The Morgan fingerprint density at radius 1 is 1.18 bits per heavy atom. The second-order valence-electron chi connectivity index (χ2n) is 6.29. The summed E-state index contributed by atoms with van der Waals surface area (Å²) in [5.74, 6) is 1.37. The maximum atomic E-state index is 12.1. The summed E-state index contributed by atoms with van der Waals surface area (Å²) >= 11 is 6.10. The average Bonchev–Trinajstić information content (AvgIpc) is 2.41. The first-order chi connectivity index (χ1) is 10.3. The van der Waals surface area contributed by atoms with Crippen LogP contribution >= 0.6 is 11.6 Å². The van der Waals surface area contributed by atoms with Crippen LogP contribution in [-0.2, 0) is 11.2 Å². The van der Waals surface area contributed by atoms with Crippen LogP contribution < -0.4 is 10.5 Å². The third kappa shape index (κ3) is 4.25. The predicted octanol–water partition coefficient (Wildman–Crippen LogP) is 4.87. The zero-order valence-corrected chi connectivity index (χ0v) is 13.8. The van der Waals surface area contributed by atoms with E-state index in [0.29, 0.717) is 28.6 Å². The molecule has 0 heterocycles. The van der Waals surface area contributed by atoms with Crippen molar-refractivity contribution in [3.8, 4) is 11.5 Å². The summed E-state index contributed by atoms with van der Waals surface area (Å²) in [6.07, 6.45) is 0.385. The summed E-state index contributed by atoms with van der Waals surface area (Å²) < 4.78 is 5.77. The van der Waals surface area contributed by atoms with E-state index in [-0.39, 0.29) is 11.2 Å². The fourth-order valence-corrected chi connectivity index (χ4v) is 2.12. The quantitative estimate of drug-likeness (QED) is 0.818. The maximum Gasteiger partial charge on any atom is 0.146 e. The molecular formula is C18H20ClNO2. The molecule has 0 aromatic heterocycles. The van der Waals surface area contributed by atoms with Crippen LogP contribution in [0.5, 0.6) is 11.5 Å². The summed E-state index contributed by atoms with van der Waals surface area (Å²) in [7, 11) is 0. The van der Waals surface area contributed by atoms with E-state index in [4.69, 9.17) is 22.1 Å². The molecule has 2 aromatic carbocycles. The summed E-state index contributed by atoms with van der Waals surface area (Å²) in [5, 5.41) is 0.455. The van der Waals surface area contributed by atoms with Crippen LogP contribution in [0.4, 0.5) is 5.69 Å². The molecule has 0 unspecified atom stereocenters. The molecule has 116 valence electrons. The Labute approximate surface area is 136 Å². The van der Waals surface area contributed by atoms with Crippen molar-refractivity contribution in [2.75, 3.05) is 5.73 Å². The molecule has 0 saturated carbocycles. The van der Waals surface area contributed by atoms with E-state index in [2.05, 4.69) is 0 Å². The number of carbonyl (C=O) groups excluding carboxylic acids is 1. The van der Waals surface area contributed by atoms with Crippen molar-refractivity contribution >= 4 is 23.1 Å². The highest BCUT2D eigenvalue weighted by atomic mass is 35.5. The second kappa shape index (κ2) is 6.41. The number of hydrogen-bond donors (Lipinski definition) is 1. The molecule has 2 N–H and O–H groups in total. The number of benzene rings is 2. The zero-order valence-electron chi connectivity index (χ0n) is 13.0. The average molecular weight is 318 g/mol. The minimum absolute atomic E-state index is 0.190. The van der Waals surface area contributed by atoms with Crippen LogP contribution in [0.25, 0.3) is 0 Å². The van der Waals surface area contributed by atoms with Gasteiger partial charge in [0.25, 0.3) is 0 Å². The first-order valence-electron chi connectivity index (χ1n) is 7.11. The van der Waals surface area contributed by atoms with Crippen molar-refractivity contribution in [1.82, 2.24) is 0 Å². The third-order valence-electron chi connectivity index (χ3n) is 3.28. The number of hydrogen-bond acceptors (Lipinski definition) is 3. The number of halogens is 1. The molecule has 0 aliphatic carbocycles. The topological polar surface area (TPSA) is 52.3 Å². The van der Waals surface area contributed by atoms with Gasteiger partial charge < -0.3 is 10.5 Å². The van der Waals surface area contributed by atoms with Crippen LogP contribution in [0, 0.1) is 5.41 Å². The summed E-state index contributed by atoms with van der Waals surface area (Å²) in [6.45, 7) is 5.76. The first kappa shape index (κ1) is 16.4. The third-order valence-corrected chi connectivity index (χ3v) is 3.58. The molecule has 4 heteroatoms. The van der Waals surface area contributed by atoms with Crippen LogP contribution in [-0.4, -0.2) is 5.78 Å². The molecule has 0 spiro atoms. The normalized spacial score (nSPS) is 11.3. The molecule has 2 aromatic rings. The van der Waals surface area contributed by atoms with E-state index < -0.39 is 0 Å². The van der Waals surface area contributed by atoms with Gasteiger partial charge in [0, 0.05) is 17.5 Å². The van der Waals surface area contributed by atoms with E-state index in [0.717, 1.165) is 5.56 Å². The molecule has 0 amide bonds. The zero-order chi connectivity index (χ0) is 16.3. The molecule has 22 heavy (non-hydrogen) atoms. The molecule has 0 radical (unpaired) electrons. The van der Waals surface area contributed by atoms with Gasteiger partial charge in [-0.2, -0.15) is 0 Å². The molecule has 0 aliphatic rings. The van der Waals surface area contributed by atoms with Gasteiger partial charge in [-0.3, -0.25) is 4.79 Å². The van der Waals surface area contributed by atoms with Crippen molar-refractivity contribution in [3.63, 3.8) is 0 Å².